The first-order valence-corrected chi connectivity index (χ1v) is 8.19. The molecule has 0 spiro atoms. The smallest absolute Gasteiger partial charge is 0.311 e. The van der Waals surface area contributed by atoms with Crippen LogP contribution in [0.25, 0.3) is 11.1 Å². The highest BCUT2D eigenvalue weighted by Crippen LogP contribution is 2.31. The Morgan fingerprint density at radius 1 is 0.920 bits per heavy atom. The summed E-state index contributed by atoms with van der Waals surface area (Å²) in [6.45, 7) is -0.0311. The molecule has 0 aliphatic heterocycles. The largest absolute Gasteiger partial charge is 0.416 e. The van der Waals surface area contributed by atoms with Crippen molar-refractivity contribution >= 4 is 0 Å². The molecule has 136 valence electrons. The fourth-order valence-corrected chi connectivity index (χ4v) is 2.31. The topological polar surface area (TPSA) is 15.3 Å². The lowest BCUT2D eigenvalue weighted by Gasteiger charge is -2.18. The van der Waals surface area contributed by atoms with Crippen LogP contribution in [0.3, 0.4) is 0 Å². The van der Waals surface area contributed by atoms with Crippen LogP contribution >= 0.6 is 0 Å². The minimum atomic E-state index is -4.37. The van der Waals surface area contributed by atoms with Gasteiger partial charge in [-0.2, -0.15) is 13.2 Å². The molecule has 0 unspecified atom stereocenters. The van der Waals surface area contributed by atoms with Crippen molar-refractivity contribution in [2.75, 3.05) is 26.1 Å². The minimum absolute atomic E-state index is 0.112. The molecule has 1 N–H and O–H groups in total. The number of rotatable bonds is 8. The van der Waals surface area contributed by atoms with Crippen molar-refractivity contribution in [3.63, 3.8) is 0 Å². The molecule has 0 aliphatic rings. The summed E-state index contributed by atoms with van der Waals surface area (Å²) in [4.78, 5) is 1.41. The van der Waals surface area contributed by atoms with Crippen LogP contribution in [0.4, 0.5) is 13.2 Å². The Morgan fingerprint density at radius 2 is 1.44 bits per heavy atom. The molecule has 25 heavy (non-hydrogen) atoms. The van der Waals surface area contributed by atoms with E-state index < -0.39 is 24.7 Å². The van der Waals surface area contributed by atoms with Crippen LogP contribution in [0.5, 0.6) is 0 Å². The van der Waals surface area contributed by atoms with Crippen molar-refractivity contribution in [2.45, 2.75) is 26.6 Å². The number of nitrogens with zero attached hydrogens (tertiary/aromatic N) is 1. The van der Waals surface area contributed by atoms with Gasteiger partial charge in [-0.15, -0.1) is 0 Å². The third-order valence-corrected chi connectivity index (χ3v) is 3.86. The summed E-state index contributed by atoms with van der Waals surface area (Å²) < 4.78 is 70.5. The molecule has 2 aromatic carbocycles. The average molecular weight is 354 g/mol. The summed E-state index contributed by atoms with van der Waals surface area (Å²) in [6.07, 6.45) is -4.37. The third-order valence-electron chi connectivity index (χ3n) is 3.86. The fourth-order valence-electron chi connectivity index (χ4n) is 2.31. The maximum Gasteiger partial charge on any atom is 0.416 e. The van der Waals surface area contributed by atoms with Crippen LogP contribution in [0.2, 0.25) is 0 Å². The minimum Gasteiger partial charge on any atom is -0.311 e. The summed E-state index contributed by atoms with van der Waals surface area (Å²) in [5, 5.41) is 2.64. The van der Waals surface area contributed by atoms with Crippen LogP contribution in [0.15, 0.2) is 48.5 Å². The predicted octanol–water partition coefficient (Wildman–Crippen LogP) is 4.80. The van der Waals surface area contributed by atoms with Crippen LogP contribution < -0.4 is 5.32 Å². The zero-order chi connectivity index (χ0) is 21.9. The quantitative estimate of drug-likeness (QED) is 0.732. The van der Waals surface area contributed by atoms with Crippen molar-refractivity contribution in [3.05, 3.63) is 59.7 Å². The molecule has 0 aliphatic carbocycles. The second-order valence-electron chi connectivity index (χ2n) is 5.53. The standard InChI is InChI=1S/C20H25F3N2/c1-3-25(4-2)14-13-24-15-16-5-7-17(8-6-16)18-9-11-19(12-10-18)20(21,22)23/h5-12,24H,3-4,13-15H2,1-2H3/i13D2,14D2. The molecular formula is C20H25F3N2. The number of likely N-dealkylation sites (N-methyl/N-ethyl adjacent to an activating group) is 1. The Kier molecular flexibility index (Phi) is 5.17. The molecule has 0 heterocycles. The highest BCUT2D eigenvalue weighted by molar-refractivity contribution is 5.64. The number of halogens is 3. The summed E-state index contributed by atoms with van der Waals surface area (Å²) in [6, 6.07) is 11.9. The van der Waals surface area contributed by atoms with Crippen molar-refractivity contribution in [1.82, 2.24) is 10.2 Å². The van der Waals surface area contributed by atoms with Gasteiger partial charge in [-0.1, -0.05) is 50.2 Å². The van der Waals surface area contributed by atoms with E-state index in [-0.39, 0.29) is 6.54 Å². The number of nitrogens with one attached hydrogen (secondary N) is 1. The fraction of sp³-hybridized carbons (Fsp3) is 0.400. The van der Waals surface area contributed by atoms with Crippen LogP contribution in [-0.2, 0) is 12.7 Å². The van der Waals surface area contributed by atoms with Crippen molar-refractivity contribution in [1.29, 1.82) is 0 Å². The molecule has 0 radical (unpaired) electrons. The second kappa shape index (κ2) is 9.02. The lowest BCUT2D eigenvalue weighted by molar-refractivity contribution is -0.137. The first-order valence-electron chi connectivity index (χ1n) is 10.2. The molecule has 5 heteroatoms. The molecule has 2 aromatic rings. The van der Waals surface area contributed by atoms with Gasteiger partial charge in [-0.25, -0.2) is 0 Å². The van der Waals surface area contributed by atoms with E-state index >= 15 is 0 Å². The van der Waals surface area contributed by atoms with Crippen LogP contribution in [0.1, 0.15) is 30.5 Å². The lowest BCUT2D eigenvalue weighted by Crippen LogP contribution is -2.31. The molecule has 0 amide bonds. The Bertz CT molecular complexity index is 787. The highest BCUT2D eigenvalue weighted by atomic mass is 19.4. The summed E-state index contributed by atoms with van der Waals surface area (Å²) in [5.74, 6) is 0. The number of hydrogen-bond donors (Lipinski definition) is 1. The molecule has 0 saturated heterocycles. The van der Waals surface area contributed by atoms with Gasteiger partial charge in [0.05, 0.1) is 5.56 Å². The van der Waals surface area contributed by atoms with E-state index in [4.69, 9.17) is 5.48 Å². The van der Waals surface area contributed by atoms with Gasteiger partial charge in [0.25, 0.3) is 0 Å². The average Bonchev–Trinajstić information content (AvgIpc) is 2.67. The monoisotopic (exact) mass is 354 g/mol. The zero-order valence-corrected chi connectivity index (χ0v) is 14.3. The lowest BCUT2D eigenvalue weighted by atomic mass is 10.0. The number of benzene rings is 2. The molecule has 0 bridgehead atoms. The van der Waals surface area contributed by atoms with Gasteiger partial charge in [0.2, 0.25) is 0 Å². The normalized spacial score (nSPS) is 15.4. The van der Waals surface area contributed by atoms with Gasteiger partial charge < -0.3 is 10.2 Å². The van der Waals surface area contributed by atoms with Crippen molar-refractivity contribution in [3.8, 4) is 11.1 Å². The summed E-state index contributed by atoms with van der Waals surface area (Å²) >= 11 is 0. The Hall–Kier alpha value is -1.85. The highest BCUT2D eigenvalue weighted by Gasteiger charge is 2.29. The number of hydrogen-bond acceptors (Lipinski definition) is 2. The summed E-state index contributed by atoms with van der Waals surface area (Å²) in [7, 11) is 0. The zero-order valence-electron chi connectivity index (χ0n) is 18.3. The molecule has 0 saturated carbocycles. The van der Waals surface area contributed by atoms with E-state index in [2.05, 4.69) is 5.32 Å². The van der Waals surface area contributed by atoms with Gasteiger partial charge in [0, 0.05) is 25.0 Å². The van der Waals surface area contributed by atoms with Gasteiger partial charge in [0.1, 0.15) is 0 Å². The molecule has 0 aromatic heterocycles. The number of alkyl halides is 3. The molecule has 2 rings (SSSR count). The van der Waals surface area contributed by atoms with Crippen LogP contribution in [-0.4, -0.2) is 31.0 Å². The van der Waals surface area contributed by atoms with Gasteiger partial charge in [-0.3, -0.25) is 0 Å². The van der Waals surface area contributed by atoms with E-state index in [9.17, 15) is 13.2 Å². The van der Waals surface area contributed by atoms with Crippen molar-refractivity contribution in [2.24, 2.45) is 0 Å². The van der Waals surface area contributed by atoms with Crippen molar-refractivity contribution < 1.29 is 18.7 Å². The maximum atomic E-state index is 12.7. The molecular weight excluding hydrogens is 325 g/mol. The third kappa shape index (κ3) is 5.87. The van der Waals surface area contributed by atoms with Gasteiger partial charge in [-0.05, 0) is 41.9 Å². The van der Waals surface area contributed by atoms with E-state index in [0.717, 1.165) is 23.3 Å². The van der Waals surface area contributed by atoms with Gasteiger partial charge >= 0.3 is 6.18 Å². The molecule has 2 nitrogen and oxygen atoms in total. The van der Waals surface area contributed by atoms with E-state index in [1.165, 1.54) is 17.0 Å². The first-order chi connectivity index (χ1) is 13.4. The summed E-state index contributed by atoms with van der Waals surface area (Å²) in [5.41, 5.74) is 1.42. The van der Waals surface area contributed by atoms with E-state index in [1.54, 1.807) is 38.1 Å². The maximum absolute atomic E-state index is 12.7. The second-order valence-corrected chi connectivity index (χ2v) is 5.53. The van der Waals surface area contributed by atoms with E-state index in [1.807, 2.05) is 0 Å². The Balaban J connectivity index is 2.07. The molecule has 0 fully saturated rings. The van der Waals surface area contributed by atoms with E-state index in [0.29, 0.717) is 18.7 Å². The Labute approximate surface area is 153 Å². The molecule has 0 atom stereocenters. The first kappa shape index (κ1) is 14.3. The van der Waals surface area contributed by atoms with Crippen LogP contribution in [0, 0.1) is 0 Å². The van der Waals surface area contributed by atoms with Gasteiger partial charge in [0.15, 0.2) is 0 Å². The SMILES string of the molecule is [2H]C([2H])(NCc1ccc(-c2ccc(C(F)(F)F)cc2)cc1)C([2H])([2H])N(CC)CC. The predicted molar refractivity (Wildman–Crippen MR) is 96.4 cm³/mol. The Morgan fingerprint density at radius 3 is 1.92 bits per heavy atom.